The van der Waals surface area contributed by atoms with Gasteiger partial charge in [0.05, 0.1) is 5.54 Å². The molecule has 1 aromatic carbocycles. The standard InChI is InChI=1S/C17H25FN2/c1-16(15-7-3-2-4-8-15)14-20(12-11-18)17(13-19-16)9-5-6-10-17/h2-4,7-8,19H,5-6,9-14H2,1H3. The summed E-state index contributed by atoms with van der Waals surface area (Å²) in [6, 6.07) is 10.6. The van der Waals surface area contributed by atoms with Gasteiger partial charge in [0.25, 0.3) is 0 Å². The molecule has 0 bridgehead atoms. The summed E-state index contributed by atoms with van der Waals surface area (Å²) in [6.07, 6.45) is 4.99. The lowest BCUT2D eigenvalue weighted by Gasteiger charge is -2.52. The van der Waals surface area contributed by atoms with Crippen molar-refractivity contribution < 1.29 is 4.39 Å². The number of hydrogen-bond donors (Lipinski definition) is 1. The van der Waals surface area contributed by atoms with Crippen LogP contribution in [0.25, 0.3) is 0 Å². The maximum absolute atomic E-state index is 13.0. The second-order valence-corrected chi connectivity index (χ2v) is 6.59. The Morgan fingerprint density at radius 3 is 2.55 bits per heavy atom. The molecule has 110 valence electrons. The molecule has 2 aliphatic rings. The molecule has 0 amide bonds. The van der Waals surface area contributed by atoms with Gasteiger partial charge in [-0.05, 0) is 25.3 Å². The lowest BCUT2D eigenvalue weighted by molar-refractivity contribution is 0.00789. The van der Waals surface area contributed by atoms with E-state index in [9.17, 15) is 4.39 Å². The molecule has 1 atom stereocenters. The molecule has 3 rings (SSSR count). The highest BCUT2D eigenvalue weighted by atomic mass is 19.1. The fraction of sp³-hybridized carbons (Fsp3) is 0.647. The molecule has 1 saturated carbocycles. The number of nitrogens with one attached hydrogen (secondary N) is 1. The van der Waals surface area contributed by atoms with E-state index in [0.717, 1.165) is 13.1 Å². The monoisotopic (exact) mass is 276 g/mol. The molecule has 2 nitrogen and oxygen atoms in total. The Hall–Kier alpha value is -0.930. The van der Waals surface area contributed by atoms with E-state index in [1.54, 1.807) is 0 Å². The summed E-state index contributed by atoms with van der Waals surface area (Å²) in [5.74, 6) is 0. The summed E-state index contributed by atoms with van der Waals surface area (Å²) < 4.78 is 13.0. The van der Waals surface area contributed by atoms with E-state index >= 15 is 0 Å². The highest BCUT2D eigenvalue weighted by molar-refractivity contribution is 5.26. The predicted octanol–water partition coefficient (Wildman–Crippen LogP) is 3.09. The average molecular weight is 276 g/mol. The number of rotatable bonds is 3. The minimum absolute atomic E-state index is 0.0652. The first kappa shape index (κ1) is 14.0. The summed E-state index contributed by atoms with van der Waals surface area (Å²) in [6.45, 7) is 4.46. The summed E-state index contributed by atoms with van der Waals surface area (Å²) in [5.41, 5.74) is 1.45. The smallest absolute Gasteiger partial charge is 0.102 e. The maximum Gasteiger partial charge on any atom is 0.102 e. The molecule has 0 radical (unpaired) electrons. The zero-order valence-electron chi connectivity index (χ0n) is 12.4. The lowest BCUT2D eigenvalue weighted by Crippen LogP contribution is -2.67. The van der Waals surface area contributed by atoms with Crippen LogP contribution < -0.4 is 5.32 Å². The molecule has 20 heavy (non-hydrogen) atoms. The quantitative estimate of drug-likeness (QED) is 0.912. The van der Waals surface area contributed by atoms with Gasteiger partial charge < -0.3 is 5.32 Å². The van der Waals surface area contributed by atoms with Crippen LogP contribution in [0.2, 0.25) is 0 Å². The van der Waals surface area contributed by atoms with Gasteiger partial charge in [-0.3, -0.25) is 4.90 Å². The van der Waals surface area contributed by atoms with Gasteiger partial charge in [0.2, 0.25) is 0 Å². The van der Waals surface area contributed by atoms with Crippen LogP contribution >= 0.6 is 0 Å². The van der Waals surface area contributed by atoms with Crippen LogP contribution in [0.3, 0.4) is 0 Å². The Labute approximate surface area is 121 Å². The van der Waals surface area contributed by atoms with Gasteiger partial charge in [-0.2, -0.15) is 0 Å². The van der Waals surface area contributed by atoms with Crippen molar-refractivity contribution in [1.29, 1.82) is 0 Å². The topological polar surface area (TPSA) is 15.3 Å². The highest BCUT2D eigenvalue weighted by Gasteiger charge is 2.47. The van der Waals surface area contributed by atoms with Crippen molar-refractivity contribution in [2.45, 2.75) is 43.7 Å². The average Bonchev–Trinajstić information content (AvgIpc) is 2.95. The summed E-state index contributed by atoms with van der Waals surface area (Å²) >= 11 is 0. The molecular formula is C17H25FN2. The molecule has 1 unspecified atom stereocenters. The number of halogens is 1. The number of alkyl halides is 1. The fourth-order valence-corrected chi connectivity index (χ4v) is 4.02. The highest BCUT2D eigenvalue weighted by Crippen LogP contribution is 2.40. The van der Waals surface area contributed by atoms with Crippen molar-refractivity contribution in [3.63, 3.8) is 0 Å². The van der Waals surface area contributed by atoms with Crippen LogP contribution in [0.5, 0.6) is 0 Å². The van der Waals surface area contributed by atoms with Gasteiger partial charge in [-0.1, -0.05) is 43.2 Å². The molecule has 0 aromatic heterocycles. The molecule has 1 saturated heterocycles. The van der Waals surface area contributed by atoms with E-state index in [2.05, 4.69) is 41.4 Å². The molecule has 1 aromatic rings. The first-order chi connectivity index (χ1) is 9.69. The maximum atomic E-state index is 13.0. The third-order valence-corrected chi connectivity index (χ3v) is 5.29. The van der Waals surface area contributed by atoms with E-state index in [1.807, 2.05) is 6.07 Å². The second kappa shape index (κ2) is 5.45. The third kappa shape index (κ3) is 2.38. The zero-order chi connectivity index (χ0) is 14.1. The van der Waals surface area contributed by atoms with E-state index in [0.29, 0.717) is 6.54 Å². The van der Waals surface area contributed by atoms with E-state index in [1.165, 1.54) is 31.2 Å². The lowest BCUT2D eigenvalue weighted by atomic mass is 9.82. The number of piperazine rings is 1. The summed E-state index contributed by atoms with van der Waals surface area (Å²) in [5, 5.41) is 3.77. The molecule has 3 heteroatoms. The Bertz CT molecular complexity index is 442. The van der Waals surface area contributed by atoms with Crippen LogP contribution in [0.4, 0.5) is 4.39 Å². The SMILES string of the molecule is CC1(c2ccccc2)CN(CCF)C2(CCCC2)CN1. The van der Waals surface area contributed by atoms with Gasteiger partial charge in [-0.25, -0.2) is 4.39 Å². The molecule has 1 aliphatic carbocycles. The molecule has 2 fully saturated rings. The van der Waals surface area contributed by atoms with Crippen molar-refractivity contribution >= 4 is 0 Å². The van der Waals surface area contributed by atoms with Gasteiger partial charge in [-0.15, -0.1) is 0 Å². The summed E-state index contributed by atoms with van der Waals surface area (Å²) in [4.78, 5) is 2.42. The van der Waals surface area contributed by atoms with Gasteiger partial charge in [0.15, 0.2) is 0 Å². The second-order valence-electron chi connectivity index (χ2n) is 6.59. The zero-order valence-corrected chi connectivity index (χ0v) is 12.4. The Morgan fingerprint density at radius 1 is 1.20 bits per heavy atom. The van der Waals surface area contributed by atoms with Crippen LogP contribution in [0.1, 0.15) is 38.2 Å². The van der Waals surface area contributed by atoms with Gasteiger partial charge in [0.1, 0.15) is 6.67 Å². The summed E-state index contributed by atoms with van der Waals surface area (Å²) in [7, 11) is 0. The predicted molar refractivity (Wildman–Crippen MR) is 80.5 cm³/mol. The van der Waals surface area contributed by atoms with Crippen molar-refractivity contribution in [2.75, 3.05) is 26.3 Å². The largest absolute Gasteiger partial charge is 0.305 e. The Kier molecular flexibility index (Phi) is 3.83. The van der Waals surface area contributed by atoms with Crippen molar-refractivity contribution in [3.8, 4) is 0 Å². The van der Waals surface area contributed by atoms with Crippen LogP contribution in [0, 0.1) is 0 Å². The minimum Gasteiger partial charge on any atom is -0.305 e. The normalized spacial score (nSPS) is 29.9. The number of hydrogen-bond acceptors (Lipinski definition) is 2. The third-order valence-electron chi connectivity index (χ3n) is 5.29. The molecule has 1 heterocycles. The molecular weight excluding hydrogens is 251 g/mol. The first-order valence-electron chi connectivity index (χ1n) is 7.80. The van der Waals surface area contributed by atoms with Gasteiger partial charge in [0, 0.05) is 25.2 Å². The van der Waals surface area contributed by atoms with E-state index in [4.69, 9.17) is 0 Å². The van der Waals surface area contributed by atoms with E-state index in [-0.39, 0.29) is 17.8 Å². The molecule has 1 aliphatic heterocycles. The Morgan fingerprint density at radius 2 is 1.90 bits per heavy atom. The van der Waals surface area contributed by atoms with Crippen LogP contribution in [-0.2, 0) is 5.54 Å². The van der Waals surface area contributed by atoms with Crippen molar-refractivity contribution in [2.24, 2.45) is 0 Å². The van der Waals surface area contributed by atoms with E-state index < -0.39 is 0 Å². The number of benzene rings is 1. The minimum atomic E-state index is -0.243. The van der Waals surface area contributed by atoms with Gasteiger partial charge >= 0.3 is 0 Å². The Balaban J connectivity index is 1.84. The van der Waals surface area contributed by atoms with Crippen molar-refractivity contribution in [1.82, 2.24) is 10.2 Å². The van der Waals surface area contributed by atoms with Crippen LogP contribution in [-0.4, -0.2) is 36.7 Å². The first-order valence-corrected chi connectivity index (χ1v) is 7.80. The molecule has 1 N–H and O–H groups in total. The van der Waals surface area contributed by atoms with Crippen LogP contribution in [0.15, 0.2) is 30.3 Å². The van der Waals surface area contributed by atoms with Crippen molar-refractivity contribution in [3.05, 3.63) is 35.9 Å². The molecule has 1 spiro atoms. The fourth-order valence-electron chi connectivity index (χ4n) is 4.02. The number of nitrogens with zero attached hydrogens (tertiary/aromatic N) is 1.